The molecule has 0 bridgehead atoms. The molecule has 1 aromatic rings. The number of carboxylic acid groups (broad SMARTS) is 1. The van der Waals surface area contributed by atoms with Gasteiger partial charge >= 0.3 is 5.97 Å². The number of hydrogen-bond donors (Lipinski definition) is 2. The molecule has 5 heteroatoms. The van der Waals surface area contributed by atoms with Crippen LogP contribution in [0.3, 0.4) is 0 Å². The predicted octanol–water partition coefficient (Wildman–Crippen LogP) is 2.27. The summed E-state index contributed by atoms with van der Waals surface area (Å²) < 4.78 is 1.62. The third-order valence-electron chi connectivity index (χ3n) is 3.80. The van der Waals surface area contributed by atoms with Gasteiger partial charge in [0.25, 0.3) is 0 Å². The van der Waals surface area contributed by atoms with Crippen LogP contribution < -0.4 is 5.32 Å². The van der Waals surface area contributed by atoms with Gasteiger partial charge in [0.2, 0.25) is 0 Å². The van der Waals surface area contributed by atoms with Gasteiger partial charge in [0.15, 0.2) is 0 Å². The van der Waals surface area contributed by atoms with Crippen LogP contribution in [0.25, 0.3) is 0 Å². The fourth-order valence-corrected chi connectivity index (χ4v) is 2.87. The summed E-state index contributed by atoms with van der Waals surface area (Å²) in [6.07, 6.45) is 3.74. The van der Waals surface area contributed by atoms with Gasteiger partial charge in [0.05, 0.1) is 5.69 Å². The number of nitrogens with zero attached hydrogens (tertiary/aromatic N) is 2. The second-order valence-electron chi connectivity index (χ2n) is 5.40. The molecule has 1 aliphatic carbocycles. The van der Waals surface area contributed by atoms with Crippen molar-refractivity contribution in [2.24, 2.45) is 18.9 Å². The molecule has 2 unspecified atom stereocenters. The van der Waals surface area contributed by atoms with E-state index in [1.54, 1.807) is 18.7 Å². The highest BCUT2D eigenvalue weighted by Gasteiger charge is 2.23. The van der Waals surface area contributed by atoms with E-state index < -0.39 is 5.97 Å². The lowest BCUT2D eigenvalue weighted by atomic mass is 10.1. The highest BCUT2D eigenvalue weighted by atomic mass is 16.4. The van der Waals surface area contributed by atoms with Crippen LogP contribution in [0.2, 0.25) is 0 Å². The molecule has 2 N–H and O–H groups in total. The number of rotatable bonds is 4. The van der Waals surface area contributed by atoms with E-state index in [9.17, 15) is 9.90 Å². The molecule has 2 atom stereocenters. The predicted molar refractivity (Wildman–Crippen MR) is 69.9 cm³/mol. The maximum Gasteiger partial charge on any atom is 0.341 e. The lowest BCUT2D eigenvalue weighted by Crippen LogP contribution is -2.16. The maximum absolute atomic E-state index is 11.2. The third kappa shape index (κ3) is 2.49. The summed E-state index contributed by atoms with van der Waals surface area (Å²) in [5.41, 5.74) is 0.857. The van der Waals surface area contributed by atoms with Gasteiger partial charge in [-0.25, -0.2) is 4.79 Å². The largest absolute Gasteiger partial charge is 0.477 e. The van der Waals surface area contributed by atoms with Gasteiger partial charge in [-0.1, -0.05) is 13.3 Å². The van der Waals surface area contributed by atoms with Crippen molar-refractivity contribution in [3.63, 3.8) is 0 Å². The van der Waals surface area contributed by atoms with E-state index in [0.717, 1.165) is 12.5 Å². The average Bonchev–Trinajstić information content (AvgIpc) is 2.79. The van der Waals surface area contributed by atoms with Gasteiger partial charge in [0, 0.05) is 13.6 Å². The molecule has 18 heavy (non-hydrogen) atoms. The zero-order chi connectivity index (χ0) is 13.3. The molecule has 1 aromatic heterocycles. The van der Waals surface area contributed by atoms with Crippen molar-refractivity contribution in [2.45, 2.75) is 33.1 Å². The quantitative estimate of drug-likeness (QED) is 0.861. The SMILES string of the molecule is Cc1nn(C)c(NCC2CCC(C)C2)c1C(=O)O. The van der Waals surface area contributed by atoms with Gasteiger partial charge < -0.3 is 10.4 Å². The van der Waals surface area contributed by atoms with Crippen molar-refractivity contribution in [1.82, 2.24) is 9.78 Å². The molecule has 0 spiro atoms. The van der Waals surface area contributed by atoms with Crippen LogP contribution in [0.15, 0.2) is 0 Å². The summed E-state index contributed by atoms with van der Waals surface area (Å²) in [7, 11) is 1.78. The van der Waals surface area contributed by atoms with Gasteiger partial charge in [0.1, 0.15) is 11.4 Å². The van der Waals surface area contributed by atoms with Crippen LogP contribution in [0.5, 0.6) is 0 Å². The van der Waals surface area contributed by atoms with E-state index in [2.05, 4.69) is 17.3 Å². The van der Waals surface area contributed by atoms with E-state index in [1.807, 2.05) is 0 Å². The Bertz CT molecular complexity index is 453. The summed E-state index contributed by atoms with van der Waals surface area (Å²) in [5, 5.41) is 16.6. The fraction of sp³-hybridized carbons (Fsp3) is 0.692. The number of hydrogen-bond acceptors (Lipinski definition) is 3. The first-order chi connectivity index (χ1) is 8.49. The summed E-state index contributed by atoms with van der Waals surface area (Å²) in [4.78, 5) is 11.2. The number of carboxylic acids is 1. The molecule has 2 rings (SSSR count). The van der Waals surface area contributed by atoms with E-state index in [0.29, 0.717) is 23.0 Å². The second kappa shape index (κ2) is 5.00. The first-order valence-electron chi connectivity index (χ1n) is 6.49. The summed E-state index contributed by atoms with van der Waals surface area (Å²) in [6, 6.07) is 0. The van der Waals surface area contributed by atoms with E-state index in [-0.39, 0.29) is 0 Å². The van der Waals surface area contributed by atoms with Crippen LogP contribution in [-0.2, 0) is 7.05 Å². The Kier molecular flexibility index (Phi) is 3.59. The molecule has 1 fully saturated rings. The minimum atomic E-state index is -0.914. The Morgan fingerprint density at radius 2 is 2.28 bits per heavy atom. The van der Waals surface area contributed by atoms with Gasteiger partial charge in [-0.2, -0.15) is 5.10 Å². The highest BCUT2D eigenvalue weighted by molar-refractivity contribution is 5.94. The minimum absolute atomic E-state index is 0.295. The first-order valence-corrected chi connectivity index (χ1v) is 6.49. The molecule has 0 radical (unpaired) electrons. The zero-order valence-electron chi connectivity index (χ0n) is 11.2. The van der Waals surface area contributed by atoms with E-state index in [4.69, 9.17) is 0 Å². The molecule has 100 valence electrons. The van der Waals surface area contributed by atoms with Crippen LogP contribution >= 0.6 is 0 Å². The molecular weight excluding hydrogens is 230 g/mol. The van der Waals surface area contributed by atoms with Crippen molar-refractivity contribution >= 4 is 11.8 Å². The number of nitrogens with one attached hydrogen (secondary N) is 1. The maximum atomic E-state index is 11.2. The average molecular weight is 251 g/mol. The smallest absolute Gasteiger partial charge is 0.341 e. The number of aromatic carboxylic acids is 1. The fourth-order valence-electron chi connectivity index (χ4n) is 2.87. The standard InChI is InChI=1S/C13H21N3O2/c1-8-4-5-10(6-8)7-14-12-11(13(17)18)9(2)15-16(12)3/h8,10,14H,4-7H2,1-3H3,(H,17,18). The molecular formula is C13H21N3O2. The molecule has 1 aliphatic rings. The van der Waals surface area contributed by atoms with Crippen molar-refractivity contribution in [1.29, 1.82) is 0 Å². The lowest BCUT2D eigenvalue weighted by Gasteiger charge is -2.13. The molecule has 0 saturated heterocycles. The third-order valence-corrected chi connectivity index (χ3v) is 3.80. The molecule has 1 saturated carbocycles. The van der Waals surface area contributed by atoms with E-state index in [1.165, 1.54) is 19.3 Å². The number of aromatic nitrogens is 2. The molecule has 0 amide bonds. The van der Waals surface area contributed by atoms with Gasteiger partial charge in [-0.05, 0) is 31.6 Å². The highest BCUT2D eigenvalue weighted by Crippen LogP contribution is 2.30. The zero-order valence-corrected chi connectivity index (χ0v) is 11.2. The molecule has 1 heterocycles. The summed E-state index contributed by atoms with van der Waals surface area (Å²) >= 11 is 0. The first kappa shape index (κ1) is 12.9. The molecule has 5 nitrogen and oxygen atoms in total. The van der Waals surface area contributed by atoms with Gasteiger partial charge in [-0.3, -0.25) is 4.68 Å². The molecule has 0 aromatic carbocycles. The topological polar surface area (TPSA) is 67.2 Å². The number of aryl methyl sites for hydroxylation is 2. The monoisotopic (exact) mass is 251 g/mol. The van der Waals surface area contributed by atoms with E-state index >= 15 is 0 Å². The van der Waals surface area contributed by atoms with Crippen molar-refractivity contribution < 1.29 is 9.90 Å². The Hall–Kier alpha value is -1.52. The number of anilines is 1. The van der Waals surface area contributed by atoms with Crippen LogP contribution in [0.1, 0.15) is 42.2 Å². The van der Waals surface area contributed by atoms with Crippen LogP contribution in [-0.4, -0.2) is 27.4 Å². The second-order valence-corrected chi connectivity index (χ2v) is 5.40. The Labute approximate surface area is 107 Å². The van der Waals surface area contributed by atoms with Crippen molar-refractivity contribution in [2.75, 3.05) is 11.9 Å². The van der Waals surface area contributed by atoms with Crippen LogP contribution in [0.4, 0.5) is 5.82 Å². The summed E-state index contributed by atoms with van der Waals surface area (Å²) in [6.45, 7) is 4.84. The Balaban J connectivity index is 2.07. The Morgan fingerprint density at radius 3 is 2.83 bits per heavy atom. The lowest BCUT2D eigenvalue weighted by molar-refractivity contribution is 0.0697. The number of carbonyl (C=O) groups is 1. The van der Waals surface area contributed by atoms with Gasteiger partial charge in [-0.15, -0.1) is 0 Å². The normalized spacial score (nSPS) is 23.3. The molecule has 0 aliphatic heterocycles. The van der Waals surface area contributed by atoms with Crippen LogP contribution in [0, 0.1) is 18.8 Å². The van der Waals surface area contributed by atoms with Crippen molar-refractivity contribution in [3.05, 3.63) is 11.3 Å². The Morgan fingerprint density at radius 1 is 1.56 bits per heavy atom. The minimum Gasteiger partial charge on any atom is -0.477 e. The van der Waals surface area contributed by atoms with Crippen molar-refractivity contribution in [3.8, 4) is 0 Å². The summed E-state index contributed by atoms with van der Waals surface area (Å²) in [5.74, 6) is 1.16.